The van der Waals surface area contributed by atoms with Gasteiger partial charge in [0.25, 0.3) is 10.1 Å². The van der Waals surface area contributed by atoms with Crippen molar-refractivity contribution >= 4 is 38.4 Å². The first-order valence-corrected chi connectivity index (χ1v) is 6.01. The third-order valence-electron chi connectivity index (χ3n) is 1.64. The lowest BCUT2D eigenvalue weighted by molar-refractivity contribution is 0.482. The number of diazo groups is 1. The predicted molar refractivity (Wildman–Crippen MR) is 58.5 cm³/mol. The van der Waals surface area contributed by atoms with E-state index in [2.05, 4.69) is 4.98 Å². The van der Waals surface area contributed by atoms with Crippen molar-refractivity contribution in [2.24, 2.45) is 0 Å². The van der Waals surface area contributed by atoms with Gasteiger partial charge in [-0.2, -0.15) is 8.42 Å². The molecule has 0 radical (unpaired) electrons. The maximum Gasteiger partial charge on any atom is 0.389 e. The molecular weight excluding hydrogens is 319 g/mol. The summed E-state index contributed by atoms with van der Waals surface area (Å²) < 4.78 is 30.9. The molecule has 74 valence electrons. The van der Waals surface area contributed by atoms with Crippen molar-refractivity contribution < 1.29 is 13.0 Å². The fraction of sp³-hybridized carbons (Fsp3) is 0.143. The van der Waals surface area contributed by atoms with Gasteiger partial charge in [-0.1, -0.05) is 0 Å². The maximum atomic E-state index is 10.9. The smallest absolute Gasteiger partial charge is 0.282 e. The molecule has 1 rings (SSSR count). The molecule has 14 heavy (non-hydrogen) atoms. The van der Waals surface area contributed by atoms with E-state index in [0.29, 0.717) is 9.13 Å². The van der Waals surface area contributed by atoms with Crippen LogP contribution in [0.4, 0.5) is 5.69 Å². The number of nitrogens with zero attached hydrogens (tertiary/aromatic N) is 2. The van der Waals surface area contributed by atoms with Crippen LogP contribution in [0.1, 0.15) is 5.56 Å². The topological polar surface area (TPSA) is 82.5 Å². The highest BCUT2D eigenvalue weighted by Gasteiger charge is 2.21. The van der Waals surface area contributed by atoms with Crippen LogP contribution in [0.25, 0.3) is 4.98 Å². The summed E-state index contributed by atoms with van der Waals surface area (Å²) in [7, 11) is -4.26. The van der Waals surface area contributed by atoms with Crippen molar-refractivity contribution in [3.63, 3.8) is 0 Å². The van der Waals surface area contributed by atoms with Crippen LogP contribution in [0.2, 0.25) is 0 Å². The Kier molecular flexibility index (Phi) is 3.08. The molecule has 5 nitrogen and oxygen atoms in total. The van der Waals surface area contributed by atoms with Crippen LogP contribution in [0, 0.1) is 15.9 Å². The van der Waals surface area contributed by atoms with E-state index in [1.807, 2.05) is 0 Å². The second-order valence-corrected chi connectivity index (χ2v) is 5.20. The molecule has 0 fully saturated rings. The lowest BCUT2D eigenvalue weighted by atomic mass is 10.2. The van der Waals surface area contributed by atoms with Gasteiger partial charge in [0.1, 0.15) is 4.90 Å². The Morgan fingerprint density at radius 1 is 1.50 bits per heavy atom. The van der Waals surface area contributed by atoms with Crippen molar-refractivity contribution in [3.8, 4) is 0 Å². The highest BCUT2D eigenvalue weighted by atomic mass is 127. The normalized spacial score (nSPS) is 11.0. The fourth-order valence-electron chi connectivity index (χ4n) is 0.948. The van der Waals surface area contributed by atoms with E-state index in [1.165, 1.54) is 6.07 Å². The Balaban J connectivity index is 3.58. The molecule has 0 saturated heterocycles. The highest BCUT2D eigenvalue weighted by Crippen LogP contribution is 2.27. The quantitative estimate of drug-likeness (QED) is 0.488. The average Bonchev–Trinajstić information content (AvgIpc) is 2.02. The molecule has 0 aliphatic carbocycles. The van der Waals surface area contributed by atoms with Crippen molar-refractivity contribution in [1.29, 1.82) is 5.39 Å². The zero-order valence-electron chi connectivity index (χ0n) is 7.10. The number of halogens is 1. The van der Waals surface area contributed by atoms with E-state index in [4.69, 9.17) is 9.95 Å². The summed E-state index contributed by atoms with van der Waals surface area (Å²) in [5, 5.41) is 8.55. The summed E-state index contributed by atoms with van der Waals surface area (Å²) in [4.78, 5) is 2.65. The molecule has 0 amide bonds. The molecule has 0 unspecified atom stereocenters. The molecule has 0 spiro atoms. The molecule has 0 heterocycles. The minimum atomic E-state index is -4.26. The number of hydrogen-bond donors (Lipinski definition) is 1. The van der Waals surface area contributed by atoms with Gasteiger partial charge in [-0.05, 0) is 35.6 Å². The van der Waals surface area contributed by atoms with Gasteiger partial charge < -0.3 is 0 Å². The molecule has 0 atom stereocenters. The summed E-state index contributed by atoms with van der Waals surface area (Å²) in [6.07, 6.45) is 0. The van der Waals surface area contributed by atoms with E-state index in [-0.39, 0.29) is 10.6 Å². The number of hydrogen-bond acceptors (Lipinski definition) is 3. The third-order valence-corrected chi connectivity index (χ3v) is 3.79. The minimum absolute atomic E-state index is 0.123. The van der Waals surface area contributed by atoms with Gasteiger partial charge in [-0.15, -0.1) is 0 Å². The van der Waals surface area contributed by atoms with Crippen LogP contribution in [0.3, 0.4) is 0 Å². The SMILES string of the molecule is Cc1cc(I)c(S(=O)(=O)O)cc1[N+]#N. The molecule has 1 aromatic rings. The lowest BCUT2D eigenvalue weighted by Gasteiger charge is -1.99. The van der Waals surface area contributed by atoms with Gasteiger partial charge in [0.05, 0.1) is 6.07 Å². The van der Waals surface area contributed by atoms with Crippen molar-refractivity contribution in [3.05, 3.63) is 26.2 Å². The summed E-state index contributed by atoms with van der Waals surface area (Å²) in [6, 6.07) is 2.63. The van der Waals surface area contributed by atoms with Crippen LogP contribution < -0.4 is 0 Å². The Bertz CT molecular complexity index is 518. The van der Waals surface area contributed by atoms with Crippen LogP contribution in [0.5, 0.6) is 0 Å². The van der Waals surface area contributed by atoms with E-state index in [1.54, 1.807) is 29.5 Å². The van der Waals surface area contributed by atoms with Gasteiger partial charge in [0, 0.05) is 9.13 Å². The maximum absolute atomic E-state index is 10.9. The molecule has 0 aliphatic rings. The molecule has 1 aromatic carbocycles. The van der Waals surface area contributed by atoms with Crippen LogP contribution in [0.15, 0.2) is 17.0 Å². The number of rotatable bonds is 1. The lowest BCUT2D eigenvalue weighted by Crippen LogP contribution is -2.01. The molecule has 1 N–H and O–H groups in total. The second-order valence-electron chi connectivity index (χ2n) is 2.64. The molecule has 0 bridgehead atoms. The Morgan fingerprint density at radius 3 is 2.50 bits per heavy atom. The summed E-state index contributed by atoms with van der Waals surface area (Å²) in [5.74, 6) is 0. The van der Waals surface area contributed by atoms with E-state index < -0.39 is 10.1 Å². The Morgan fingerprint density at radius 2 is 2.07 bits per heavy atom. The monoisotopic (exact) mass is 325 g/mol. The van der Waals surface area contributed by atoms with Gasteiger partial charge in [-0.25, -0.2) is 0 Å². The van der Waals surface area contributed by atoms with Gasteiger partial charge >= 0.3 is 5.69 Å². The zero-order valence-corrected chi connectivity index (χ0v) is 10.1. The summed E-state index contributed by atoms with van der Waals surface area (Å²) >= 11 is 1.78. The van der Waals surface area contributed by atoms with Crippen LogP contribution in [-0.2, 0) is 10.1 Å². The number of benzene rings is 1. The molecule has 7 heteroatoms. The first kappa shape index (κ1) is 11.4. The molecule has 0 aromatic heterocycles. The fourth-order valence-corrected chi connectivity index (χ4v) is 2.97. The standard InChI is InChI=1S/C7H5IN2O3S/c1-4-2-5(8)7(14(11,12)13)3-6(4)10-9/h2-3H,1H3/p+1. The third kappa shape index (κ3) is 2.20. The van der Waals surface area contributed by atoms with E-state index >= 15 is 0 Å². The molecule has 0 aliphatic heterocycles. The largest absolute Gasteiger partial charge is 0.389 e. The van der Waals surface area contributed by atoms with E-state index in [9.17, 15) is 8.42 Å². The van der Waals surface area contributed by atoms with Crippen LogP contribution >= 0.6 is 22.6 Å². The first-order chi connectivity index (χ1) is 6.36. The Labute approximate surface area is 94.6 Å². The molecular formula is C7H6IN2O3S+. The van der Waals surface area contributed by atoms with Gasteiger partial charge in [-0.3, -0.25) is 4.55 Å². The van der Waals surface area contributed by atoms with Gasteiger partial charge in [0.2, 0.25) is 5.39 Å². The minimum Gasteiger partial charge on any atom is -0.282 e. The first-order valence-electron chi connectivity index (χ1n) is 3.49. The highest BCUT2D eigenvalue weighted by molar-refractivity contribution is 14.1. The van der Waals surface area contributed by atoms with Crippen LogP contribution in [-0.4, -0.2) is 13.0 Å². The predicted octanol–water partition coefficient (Wildman–Crippen LogP) is 2.33. The average molecular weight is 325 g/mol. The Hall–Kier alpha value is -0.720. The zero-order chi connectivity index (χ0) is 10.9. The summed E-state index contributed by atoms with van der Waals surface area (Å²) in [5.41, 5.74) is 0.752. The second kappa shape index (κ2) is 3.80. The van der Waals surface area contributed by atoms with E-state index in [0.717, 1.165) is 6.07 Å². The van der Waals surface area contributed by atoms with Gasteiger partial charge in [0.15, 0.2) is 4.98 Å². The summed E-state index contributed by atoms with van der Waals surface area (Å²) in [6.45, 7) is 1.67. The van der Waals surface area contributed by atoms with Crippen molar-refractivity contribution in [2.45, 2.75) is 11.8 Å². The van der Waals surface area contributed by atoms with Crippen molar-refractivity contribution in [2.75, 3.05) is 0 Å². The molecule has 0 saturated carbocycles. The van der Waals surface area contributed by atoms with Crippen molar-refractivity contribution in [1.82, 2.24) is 0 Å². The number of aryl methyl sites for hydroxylation is 1.